The van der Waals surface area contributed by atoms with Crippen molar-refractivity contribution in [2.75, 3.05) is 25.4 Å². The summed E-state index contributed by atoms with van der Waals surface area (Å²) in [5.74, 6) is -0.108. The van der Waals surface area contributed by atoms with Crippen molar-refractivity contribution in [1.29, 1.82) is 0 Å². The third-order valence-corrected chi connectivity index (χ3v) is 2.90. The van der Waals surface area contributed by atoms with Gasteiger partial charge in [-0.25, -0.2) is 0 Å². The molecule has 0 saturated heterocycles. The smallest absolute Gasteiger partial charge is 0.264 e. The van der Waals surface area contributed by atoms with E-state index in [2.05, 4.69) is 25.7 Å². The van der Waals surface area contributed by atoms with Crippen molar-refractivity contribution < 1.29 is 13.0 Å². The van der Waals surface area contributed by atoms with Gasteiger partial charge in [-0.05, 0) is 26.1 Å². The summed E-state index contributed by atoms with van der Waals surface area (Å²) >= 11 is 0. The van der Waals surface area contributed by atoms with Crippen LogP contribution in [0, 0.1) is 0 Å². The van der Waals surface area contributed by atoms with Crippen LogP contribution in [0.25, 0.3) is 0 Å². The first-order valence-electron chi connectivity index (χ1n) is 5.58. The number of hydrogen-bond acceptors (Lipinski definition) is 3. The molecule has 0 aromatic heterocycles. The van der Waals surface area contributed by atoms with Crippen LogP contribution in [-0.2, 0) is 10.1 Å². The minimum atomic E-state index is -3.69. The summed E-state index contributed by atoms with van der Waals surface area (Å²) in [6.07, 6.45) is 1.33. The van der Waals surface area contributed by atoms with Crippen molar-refractivity contribution in [3.8, 4) is 0 Å². The predicted octanol–water partition coefficient (Wildman–Crippen LogP) is 2.02. The van der Waals surface area contributed by atoms with E-state index < -0.39 is 10.1 Å². The van der Waals surface area contributed by atoms with Gasteiger partial charge in [0.15, 0.2) is 0 Å². The van der Waals surface area contributed by atoms with Crippen molar-refractivity contribution in [1.82, 2.24) is 4.90 Å². The fourth-order valence-electron chi connectivity index (χ4n) is 0.998. The first-order valence-corrected chi connectivity index (χ1v) is 7.19. The van der Waals surface area contributed by atoms with Gasteiger partial charge in [-0.3, -0.25) is 4.55 Å². The Balaban J connectivity index is 0. The van der Waals surface area contributed by atoms with Gasteiger partial charge in [-0.1, -0.05) is 34.1 Å². The van der Waals surface area contributed by atoms with Crippen LogP contribution in [0.2, 0.25) is 0 Å². The molecule has 4 nitrogen and oxygen atoms in total. The first kappa shape index (κ1) is 17.3. The summed E-state index contributed by atoms with van der Waals surface area (Å²) in [4.78, 5) is 2.38. The molecule has 0 heterocycles. The lowest BCUT2D eigenvalue weighted by molar-refractivity contribution is 0.321. The SMILES string of the molecule is CCCCS(=O)(=O)O.CCN(CC)CC. The Kier molecular flexibility index (Phi) is 12.0. The molecule has 0 bridgehead atoms. The molecule has 0 aliphatic rings. The van der Waals surface area contributed by atoms with Crippen LogP contribution in [0.4, 0.5) is 0 Å². The van der Waals surface area contributed by atoms with E-state index in [9.17, 15) is 8.42 Å². The van der Waals surface area contributed by atoms with E-state index >= 15 is 0 Å². The average Bonchev–Trinajstić information content (AvgIpc) is 2.17. The Morgan fingerprint density at radius 1 is 1.00 bits per heavy atom. The minimum absolute atomic E-state index is 0.108. The van der Waals surface area contributed by atoms with Crippen LogP contribution in [0.1, 0.15) is 40.5 Å². The maximum Gasteiger partial charge on any atom is 0.264 e. The molecule has 0 fully saturated rings. The van der Waals surface area contributed by atoms with Crippen LogP contribution in [0.3, 0.4) is 0 Å². The molecule has 0 radical (unpaired) electrons. The topological polar surface area (TPSA) is 57.6 Å². The zero-order valence-electron chi connectivity index (χ0n) is 10.4. The van der Waals surface area contributed by atoms with Gasteiger partial charge in [-0.15, -0.1) is 0 Å². The first-order chi connectivity index (χ1) is 6.91. The highest BCUT2D eigenvalue weighted by Crippen LogP contribution is 1.90. The fraction of sp³-hybridized carbons (Fsp3) is 1.00. The number of unbranched alkanes of at least 4 members (excludes halogenated alkanes) is 1. The van der Waals surface area contributed by atoms with Gasteiger partial charge in [0.05, 0.1) is 5.75 Å². The van der Waals surface area contributed by atoms with E-state index in [0.717, 1.165) is 6.42 Å². The monoisotopic (exact) mass is 239 g/mol. The standard InChI is InChI=1S/C6H15N.C4H10O3S/c1-4-7(5-2)6-3;1-2-3-4-8(5,6)7/h4-6H2,1-3H3;2-4H2,1H3,(H,5,6,7). The van der Waals surface area contributed by atoms with Crippen molar-refractivity contribution in [2.45, 2.75) is 40.5 Å². The molecule has 15 heavy (non-hydrogen) atoms. The molecule has 0 atom stereocenters. The molecule has 5 heteroatoms. The summed E-state index contributed by atoms with van der Waals surface area (Å²) in [5, 5.41) is 0. The summed E-state index contributed by atoms with van der Waals surface area (Å²) in [5.41, 5.74) is 0. The number of hydrogen-bond donors (Lipinski definition) is 1. The quantitative estimate of drug-likeness (QED) is 0.720. The van der Waals surface area contributed by atoms with Crippen molar-refractivity contribution in [2.24, 2.45) is 0 Å². The van der Waals surface area contributed by atoms with Gasteiger partial charge in [0, 0.05) is 0 Å². The van der Waals surface area contributed by atoms with Gasteiger partial charge in [0.2, 0.25) is 0 Å². The molecule has 1 N–H and O–H groups in total. The van der Waals surface area contributed by atoms with Gasteiger partial charge in [0.1, 0.15) is 0 Å². The Labute approximate surface area is 94.4 Å². The van der Waals surface area contributed by atoms with Crippen molar-refractivity contribution >= 4 is 10.1 Å². The lowest BCUT2D eigenvalue weighted by Crippen LogP contribution is -2.21. The molecule has 0 aromatic carbocycles. The molecular weight excluding hydrogens is 214 g/mol. The van der Waals surface area contributed by atoms with Gasteiger partial charge in [-0.2, -0.15) is 8.42 Å². The second-order valence-corrected chi connectivity index (χ2v) is 4.83. The molecule has 0 aromatic rings. The molecule has 94 valence electrons. The third-order valence-electron chi connectivity index (χ3n) is 2.10. The van der Waals surface area contributed by atoms with Gasteiger partial charge >= 0.3 is 0 Å². The van der Waals surface area contributed by atoms with Crippen LogP contribution >= 0.6 is 0 Å². The highest BCUT2D eigenvalue weighted by atomic mass is 32.2. The van der Waals surface area contributed by atoms with E-state index in [1.54, 1.807) is 0 Å². The summed E-state index contributed by atoms with van der Waals surface area (Å²) in [6, 6.07) is 0. The predicted molar refractivity (Wildman–Crippen MR) is 64.8 cm³/mol. The third kappa shape index (κ3) is 16.5. The van der Waals surface area contributed by atoms with Crippen LogP contribution in [0.15, 0.2) is 0 Å². The molecule has 0 rings (SSSR count). The Bertz CT molecular complexity index is 205. The zero-order valence-corrected chi connectivity index (χ0v) is 11.2. The largest absolute Gasteiger partial charge is 0.304 e. The second kappa shape index (κ2) is 10.4. The molecule has 0 saturated carbocycles. The summed E-state index contributed by atoms with van der Waals surface area (Å²) in [6.45, 7) is 12.0. The van der Waals surface area contributed by atoms with Crippen LogP contribution in [0.5, 0.6) is 0 Å². The Morgan fingerprint density at radius 3 is 1.47 bits per heavy atom. The normalized spacial score (nSPS) is 11.1. The van der Waals surface area contributed by atoms with Crippen LogP contribution < -0.4 is 0 Å². The molecule has 0 amide bonds. The van der Waals surface area contributed by atoms with Crippen molar-refractivity contribution in [3.63, 3.8) is 0 Å². The Morgan fingerprint density at radius 2 is 1.40 bits per heavy atom. The van der Waals surface area contributed by atoms with E-state index in [-0.39, 0.29) is 5.75 Å². The molecular formula is C10H25NO3S. The maximum atomic E-state index is 9.95. The molecule has 0 unspecified atom stereocenters. The van der Waals surface area contributed by atoms with Crippen molar-refractivity contribution in [3.05, 3.63) is 0 Å². The average molecular weight is 239 g/mol. The Hall–Kier alpha value is -0.130. The highest BCUT2D eigenvalue weighted by Gasteiger charge is 2.00. The lowest BCUT2D eigenvalue weighted by atomic mass is 10.4. The fourth-order valence-corrected chi connectivity index (χ4v) is 1.65. The minimum Gasteiger partial charge on any atom is -0.304 e. The molecule has 0 aliphatic heterocycles. The summed E-state index contributed by atoms with van der Waals surface area (Å²) < 4.78 is 28.0. The van der Waals surface area contributed by atoms with Gasteiger partial charge in [0.25, 0.3) is 10.1 Å². The number of rotatable bonds is 6. The van der Waals surface area contributed by atoms with E-state index in [0.29, 0.717) is 6.42 Å². The summed E-state index contributed by atoms with van der Waals surface area (Å²) in [7, 11) is -3.69. The highest BCUT2D eigenvalue weighted by molar-refractivity contribution is 7.85. The second-order valence-electron chi connectivity index (χ2n) is 3.26. The molecule has 0 aliphatic carbocycles. The van der Waals surface area contributed by atoms with E-state index in [1.807, 2.05) is 6.92 Å². The van der Waals surface area contributed by atoms with Gasteiger partial charge < -0.3 is 4.90 Å². The van der Waals surface area contributed by atoms with E-state index in [4.69, 9.17) is 4.55 Å². The zero-order chi connectivity index (χ0) is 12.3. The van der Waals surface area contributed by atoms with E-state index in [1.165, 1.54) is 19.6 Å². The number of nitrogens with zero attached hydrogens (tertiary/aromatic N) is 1. The molecule has 0 spiro atoms. The maximum absolute atomic E-state index is 9.95. The lowest BCUT2D eigenvalue weighted by Gasteiger charge is -2.13. The van der Waals surface area contributed by atoms with Crippen LogP contribution in [-0.4, -0.2) is 43.3 Å².